The Morgan fingerprint density at radius 2 is 1.50 bits per heavy atom. The second-order valence-electron chi connectivity index (χ2n) is 5.97. The minimum Gasteiger partial charge on any atom is -0.352 e. The lowest BCUT2D eigenvalue weighted by atomic mass is 10.00. The summed E-state index contributed by atoms with van der Waals surface area (Å²) in [5.74, 6) is -0.121. The lowest BCUT2D eigenvalue weighted by molar-refractivity contribution is 0.0951. The number of carbonyl (C=O) groups is 2. The van der Waals surface area contributed by atoms with Crippen molar-refractivity contribution in [3.05, 3.63) is 69.8 Å². The van der Waals surface area contributed by atoms with E-state index in [-0.39, 0.29) is 5.91 Å². The predicted octanol–water partition coefficient (Wildman–Crippen LogP) is 2.71. The van der Waals surface area contributed by atoms with E-state index in [4.69, 9.17) is 5.73 Å². The van der Waals surface area contributed by atoms with Crippen molar-refractivity contribution in [2.75, 3.05) is 0 Å². The van der Waals surface area contributed by atoms with Crippen molar-refractivity contribution < 1.29 is 9.59 Å². The van der Waals surface area contributed by atoms with Gasteiger partial charge in [0.2, 0.25) is 0 Å². The molecule has 5 nitrogen and oxygen atoms in total. The molecule has 4 N–H and O–H groups in total. The van der Waals surface area contributed by atoms with Crippen LogP contribution < -0.4 is 16.4 Å². The fourth-order valence-corrected chi connectivity index (χ4v) is 2.72. The molecule has 2 aromatic carbocycles. The maximum atomic E-state index is 12.3. The molecule has 2 rings (SSSR count). The van der Waals surface area contributed by atoms with Gasteiger partial charge >= 0.3 is 6.03 Å². The summed E-state index contributed by atoms with van der Waals surface area (Å²) in [4.78, 5) is 23.0. The van der Waals surface area contributed by atoms with Crippen LogP contribution in [-0.4, -0.2) is 11.9 Å². The van der Waals surface area contributed by atoms with Gasteiger partial charge < -0.3 is 16.4 Å². The van der Waals surface area contributed by atoms with Crippen molar-refractivity contribution in [2.45, 2.75) is 33.9 Å². The second kappa shape index (κ2) is 7.64. The van der Waals surface area contributed by atoms with E-state index in [1.54, 1.807) is 24.3 Å². The van der Waals surface area contributed by atoms with Crippen LogP contribution >= 0.6 is 0 Å². The van der Waals surface area contributed by atoms with E-state index in [0.29, 0.717) is 18.7 Å². The summed E-state index contributed by atoms with van der Waals surface area (Å²) in [6.45, 7) is 7.03. The topological polar surface area (TPSA) is 84.2 Å². The first-order valence-corrected chi connectivity index (χ1v) is 7.84. The highest BCUT2D eigenvalue weighted by atomic mass is 16.2. The van der Waals surface area contributed by atoms with Gasteiger partial charge in [0.25, 0.3) is 5.91 Å². The van der Waals surface area contributed by atoms with Crippen molar-refractivity contribution >= 4 is 11.9 Å². The van der Waals surface area contributed by atoms with Gasteiger partial charge in [-0.25, -0.2) is 4.79 Å². The number of carbonyl (C=O) groups excluding carboxylic acids is 2. The lowest BCUT2D eigenvalue weighted by Crippen LogP contribution is -2.28. The number of benzene rings is 2. The fraction of sp³-hybridized carbons (Fsp3) is 0.263. The van der Waals surface area contributed by atoms with Crippen molar-refractivity contribution in [3.63, 3.8) is 0 Å². The summed E-state index contributed by atoms with van der Waals surface area (Å²) in [7, 11) is 0. The van der Waals surface area contributed by atoms with Crippen LogP contribution in [0.25, 0.3) is 0 Å². The number of nitrogens with two attached hydrogens (primary N) is 1. The first kappa shape index (κ1) is 17.5. The first-order chi connectivity index (χ1) is 11.4. The maximum absolute atomic E-state index is 12.3. The highest BCUT2D eigenvalue weighted by Crippen LogP contribution is 2.16. The molecule has 0 heterocycles. The van der Waals surface area contributed by atoms with Crippen LogP contribution in [0.3, 0.4) is 0 Å². The van der Waals surface area contributed by atoms with Gasteiger partial charge in [0.05, 0.1) is 0 Å². The number of hydrogen-bond acceptors (Lipinski definition) is 2. The normalized spacial score (nSPS) is 10.3. The Hall–Kier alpha value is -2.82. The fourth-order valence-electron chi connectivity index (χ4n) is 2.72. The largest absolute Gasteiger partial charge is 0.352 e. The van der Waals surface area contributed by atoms with Gasteiger partial charge in [-0.05, 0) is 55.2 Å². The SMILES string of the molecule is Cc1cc(C)c(CNC(=O)c2ccc(CNC(N)=O)cc2)c(C)c1. The van der Waals surface area contributed by atoms with Gasteiger partial charge in [0, 0.05) is 18.7 Å². The highest BCUT2D eigenvalue weighted by Gasteiger charge is 2.08. The van der Waals surface area contributed by atoms with E-state index in [0.717, 1.165) is 11.1 Å². The molecule has 0 bridgehead atoms. The standard InChI is InChI=1S/C19H23N3O2/c1-12-8-13(2)17(14(3)9-12)11-21-18(23)16-6-4-15(5-7-16)10-22-19(20)24/h4-9H,10-11H2,1-3H3,(H,21,23)(H3,20,22,24). The maximum Gasteiger partial charge on any atom is 0.312 e. The van der Waals surface area contributed by atoms with E-state index in [9.17, 15) is 9.59 Å². The van der Waals surface area contributed by atoms with Crippen molar-refractivity contribution in [2.24, 2.45) is 5.73 Å². The number of aryl methyl sites for hydroxylation is 3. The third-order valence-corrected chi connectivity index (χ3v) is 3.95. The Labute approximate surface area is 142 Å². The van der Waals surface area contributed by atoms with E-state index in [1.165, 1.54) is 16.7 Å². The Bertz CT molecular complexity index is 729. The third kappa shape index (κ3) is 4.59. The van der Waals surface area contributed by atoms with E-state index in [1.807, 2.05) is 0 Å². The van der Waals surface area contributed by atoms with Gasteiger partial charge in [-0.3, -0.25) is 4.79 Å². The molecule has 0 spiro atoms. The molecule has 0 saturated carbocycles. The van der Waals surface area contributed by atoms with E-state index >= 15 is 0 Å². The molecule has 0 aliphatic heterocycles. The number of urea groups is 1. The Morgan fingerprint density at radius 1 is 0.917 bits per heavy atom. The molecule has 0 aromatic heterocycles. The quantitative estimate of drug-likeness (QED) is 0.789. The molecular formula is C19H23N3O2. The second-order valence-corrected chi connectivity index (χ2v) is 5.97. The number of amides is 3. The van der Waals surface area contributed by atoms with Crippen LogP contribution in [0.15, 0.2) is 36.4 Å². The minimum absolute atomic E-state index is 0.121. The number of primary amides is 1. The molecule has 2 aromatic rings. The van der Waals surface area contributed by atoms with Crippen molar-refractivity contribution in [3.8, 4) is 0 Å². The molecule has 0 atom stereocenters. The number of nitrogens with one attached hydrogen (secondary N) is 2. The third-order valence-electron chi connectivity index (χ3n) is 3.95. The number of hydrogen-bond donors (Lipinski definition) is 3. The molecule has 0 aliphatic rings. The molecule has 5 heteroatoms. The summed E-state index contributed by atoms with van der Waals surface area (Å²) < 4.78 is 0. The summed E-state index contributed by atoms with van der Waals surface area (Å²) in [6.07, 6.45) is 0. The average Bonchev–Trinajstić information content (AvgIpc) is 2.52. The molecule has 0 saturated heterocycles. The average molecular weight is 325 g/mol. The lowest BCUT2D eigenvalue weighted by Gasteiger charge is -2.12. The molecule has 0 aliphatic carbocycles. The molecule has 0 unspecified atom stereocenters. The van der Waals surface area contributed by atoms with E-state index in [2.05, 4.69) is 43.5 Å². The van der Waals surface area contributed by atoms with Crippen LogP contribution in [0, 0.1) is 20.8 Å². The zero-order valence-corrected chi connectivity index (χ0v) is 14.3. The van der Waals surface area contributed by atoms with Crippen LogP contribution in [0.2, 0.25) is 0 Å². The van der Waals surface area contributed by atoms with Gasteiger partial charge in [-0.1, -0.05) is 29.8 Å². The Morgan fingerprint density at radius 3 is 2.04 bits per heavy atom. The predicted molar refractivity (Wildman–Crippen MR) is 94.7 cm³/mol. The summed E-state index contributed by atoms with van der Waals surface area (Å²) in [6, 6.07) is 10.7. The van der Waals surface area contributed by atoms with Crippen LogP contribution in [0.4, 0.5) is 4.79 Å². The smallest absolute Gasteiger partial charge is 0.312 e. The summed E-state index contributed by atoms with van der Waals surface area (Å²) in [5.41, 5.74) is 11.2. The van der Waals surface area contributed by atoms with Crippen molar-refractivity contribution in [1.29, 1.82) is 0 Å². The van der Waals surface area contributed by atoms with Crippen LogP contribution in [0.5, 0.6) is 0 Å². The monoisotopic (exact) mass is 325 g/mol. The molecule has 126 valence electrons. The molecular weight excluding hydrogens is 302 g/mol. The zero-order chi connectivity index (χ0) is 17.7. The van der Waals surface area contributed by atoms with Gasteiger partial charge in [-0.2, -0.15) is 0 Å². The Kier molecular flexibility index (Phi) is 5.58. The summed E-state index contributed by atoms with van der Waals surface area (Å²) in [5, 5.41) is 5.47. The molecule has 3 amide bonds. The molecule has 0 radical (unpaired) electrons. The Balaban J connectivity index is 1.99. The molecule has 0 fully saturated rings. The van der Waals surface area contributed by atoms with Gasteiger partial charge in [0.1, 0.15) is 0 Å². The summed E-state index contributed by atoms with van der Waals surface area (Å²) >= 11 is 0. The van der Waals surface area contributed by atoms with Gasteiger partial charge in [-0.15, -0.1) is 0 Å². The zero-order valence-electron chi connectivity index (χ0n) is 14.3. The van der Waals surface area contributed by atoms with Crippen LogP contribution in [-0.2, 0) is 13.1 Å². The van der Waals surface area contributed by atoms with Crippen LogP contribution in [0.1, 0.15) is 38.2 Å². The minimum atomic E-state index is -0.569. The molecule has 24 heavy (non-hydrogen) atoms. The first-order valence-electron chi connectivity index (χ1n) is 7.84. The van der Waals surface area contributed by atoms with Gasteiger partial charge in [0.15, 0.2) is 0 Å². The van der Waals surface area contributed by atoms with Crippen molar-refractivity contribution in [1.82, 2.24) is 10.6 Å². The number of rotatable bonds is 5. The highest BCUT2D eigenvalue weighted by molar-refractivity contribution is 5.94. The van der Waals surface area contributed by atoms with E-state index < -0.39 is 6.03 Å².